The van der Waals surface area contributed by atoms with E-state index in [-0.39, 0.29) is 12.0 Å². The maximum Gasteiger partial charge on any atom is 0.254 e. The van der Waals surface area contributed by atoms with E-state index in [9.17, 15) is 4.79 Å². The van der Waals surface area contributed by atoms with Crippen molar-refractivity contribution < 1.29 is 14.3 Å². The number of anilines is 3. The molecule has 2 heterocycles. The fourth-order valence-electron chi connectivity index (χ4n) is 3.07. The third-order valence-electron chi connectivity index (χ3n) is 4.63. The van der Waals surface area contributed by atoms with Crippen LogP contribution < -0.4 is 15.4 Å². The van der Waals surface area contributed by atoms with Gasteiger partial charge in [-0.25, -0.2) is 4.98 Å². The van der Waals surface area contributed by atoms with E-state index >= 15 is 0 Å². The van der Waals surface area contributed by atoms with Gasteiger partial charge in [-0.2, -0.15) is 0 Å². The Balaban J connectivity index is 1.29. The number of benzene rings is 2. The molecule has 0 radical (unpaired) electrons. The predicted molar refractivity (Wildman–Crippen MR) is 112 cm³/mol. The molecule has 0 spiro atoms. The molecule has 1 atom stereocenters. The van der Waals surface area contributed by atoms with Crippen molar-refractivity contribution in [2.24, 2.45) is 0 Å². The van der Waals surface area contributed by atoms with Crippen molar-refractivity contribution >= 4 is 23.1 Å². The maximum absolute atomic E-state index is 12.1. The topological polar surface area (TPSA) is 72.5 Å². The van der Waals surface area contributed by atoms with Crippen molar-refractivity contribution in [3.05, 3.63) is 78.5 Å². The van der Waals surface area contributed by atoms with Crippen molar-refractivity contribution in [2.45, 2.75) is 25.6 Å². The van der Waals surface area contributed by atoms with Crippen molar-refractivity contribution in [2.75, 3.05) is 17.2 Å². The lowest BCUT2D eigenvalue weighted by Gasteiger charge is -2.11. The Morgan fingerprint density at radius 3 is 2.52 bits per heavy atom. The standard InChI is InChI=1S/C23H23N3O3/c27-23(21-7-4-14-28-21)26-22-13-10-19(15-24-22)25-18-8-11-20(12-9-18)29-16-17-5-2-1-3-6-17/h1-3,5-6,8-13,15,21,25H,4,7,14,16H2,(H,24,26,27). The summed E-state index contributed by atoms with van der Waals surface area (Å²) in [5, 5.41) is 6.08. The molecule has 1 aromatic heterocycles. The summed E-state index contributed by atoms with van der Waals surface area (Å²) in [6.45, 7) is 1.18. The zero-order chi connectivity index (χ0) is 19.9. The van der Waals surface area contributed by atoms with Gasteiger partial charge in [-0.3, -0.25) is 4.79 Å². The smallest absolute Gasteiger partial charge is 0.254 e. The lowest BCUT2D eigenvalue weighted by atomic mass is 10.2. The number of carbonyl (C=O) groups is 1. The summed E-state index contributed by atoms with van der Waals surface area (Å²) in [6.07, 6.45) is 3.00. The number of hydrogen-bond acceptors (Lipinski definition) is 5. The largest absolute Gasteiger partial charge is 0.489 e. The van der Waals surface area contributed by atoms with Crippen LogP contribution in [0.4, 0.5) is 17.2 Å². The Labute approximate surface area is 169 Å². The second-order valence-corrected chi connectivity index (χ2v) is 6.85. The Morgan fingerprint density at radius 1 is 1.03 bits per heavy atom. The number of aromatic nitrogens is 1. The number of hydrogen-bond donors (Lipinski definition) is 2. The highest BCUT2D eigenvalue weighted by molar-refractivity contribution is 5.93. The number of nitrogens with one attached hydrogen (secondary N) is 2. The first kappa shape index (κ1) is 19.0. The second-order valence-electron chi connectivity index (χ2n) is 6.85. The van der Waals surface area contributed by atoms with E-state index < -0.39 is 0 Å². The highest BCUT2D eigenvalue weighted by Gasteiger charge is 2.23. The van der Waals surface area contributed by atoms with Crippen molar-refractivity contribution in [1.82, 2.24) is 4.98 Å². The van der Waals surface area contributed by atoms with Gasteiger partial charge in [0, 0.05) is 12.3 Å². The SMILES string of the molecule is O=C(Nc1ccc(Nc2ccc(OCc3ccccc3)cc2)cn1)C1CCCO1. The Hall–Kier alpha value is -3.38. The van der Waals surface area contributed by atoms with Gasteiger partial charge >= 0.3 is 0 Å². The lowest BCUT2D eigenvalue weighted by molar-refractivity contribution is -0.124. The van der Waals surface area contributed by atoms with Gasteiger partial charge < -0.3 is 20.1 Å². The van der Waals surface area contributed by atoms with Gasteiger partial charge in [0.1, 0.15) is 24.3 Å². The molecule has 0 saturated carbocycles. The van der Waals surface area contributed by atoms with Gasteiger partial charge in [-0.05, 0) is 54.8 Å². The molecular weight excluding hydrogens is 366 g/mol. The Bertz CT molecular complexity index is 922. The van der Waals surface area contributed by atoms with Crippen molar-refractivity contribution in [3.63, 3.8) is 0 Å². The molecule has 6 nitrogen and oxygen atoms in total. The van der Waals surface area contributed by atoms with Crippen LogP contribution >= 0.6 is 0 Å². The molecule has 3 aromatic rings. The average Bonchev–Trinajstić information content (AvgIpc) is 3.31. The summed E-state index contributed by atoms with van der Waals surface area (Å²) in [7, 11) is 0. The molecular formula is C23H23N3O3. The zero-order valence-electron chi connectivity index (χ0n) is 16.0. The fraction of sp³-hybridized carbons (Fsp3) is 0.217. The highest BCUT2D eigenvalue weighted by Crippen LogP contribution is 2.21. The fourth-order valence-corrected chi connectivity index (χ4v) is 3.07. The maximum atomic E-state index is 12.1. The third kappa shape index (κ3) is 5.33. The van der Waals surface area contributed by atoms with E-state index in [2.05, 4.69) is 15.6 Å². The van der Waals surface area contributed by atoms with Crippen LogP contribution in [0.2, 0.25) is 0 Å². The molecule has 29 heavy (non-hydrogen) atoms. The molecule has 0 bridgehead atoms. The molecule has 0 aliphatic carbocycles. The van der Waals surface area contributed by atoms with Gasteiger partial charge in [0.05, 0.1) is 11.9 Å². The van der Waals surface area contributed by atoms with Gasteiger partial charge in [-0.1, -0.05) is 30.3 Å². The van der Waals surface area contributed by atoms with Gasteiger partial charge in [0.15, 0.2) is 0 Å². The summed E-state index contributed by atoms with van der Waals surface area (Å²) in [6, 6.07) is 21.5. The second kappa shape index (κ2) is 9.21. The number of nitrogens with zero attached hydrogens (tertiary/aromatic N) is 1. The van der Waals surface area contributed by atoms with Crippen LogP contribution in [0.15, 0.2) is 72.9 Å². The first-order valence-corrected chi connectivity index (χ1v) is 9.68. The summed E-state index contributed by atoms with van der Waals surface area (Å²) in [5.41, 5.74) is 2.89. The lowest BCUT2D eigenvalue weighted by Crippen LogP contribution is -2.27. The average molecular weight is 389 g/mol. The third-order valence-corrected chi connectivity index (χ3v) is 4.63. The molecule has 1 unspecified atom stereocenters. The molecule has 148 valence electrons. The summed E-state index contributed by atoms with van der Waals surface area (Å²) >= 11 is 0. The molecule has 2 aromatic carbocycles. The minimum atomic E-state index is -0.364. The van der Waals surface area contributed by atoms with Gasteiger partial charge in [0.25, 0.3) is 5.91 Å². The van der Waals surface area contributed by atoms with Gasteiger partial charge in [0.2, 0.25) is 0 Å². The molecule has 6 heteroatoms. The van der Waals surface area contributed by atoms with Crippen LogP contribution in [0.3, 0.4) is 0 Å². The number of ether oxygens (including phenoxy) is 2. The molecule has 1 fully saturated rings. The summed E-state index contributed by atoms with van der Waals surface area (Å²) in [5.74, 6) is 1.19. The van der Waals surface area contributed by atoms with Crippen LogP contribution in [0, 0.1) is 0 Å². The van der Waals surface area contributed by atoms with E-state index in [0.29, 0.717) is 19.0 Å². The minimum absolute atomic E-state index is 0.137. The van der Waals surface area contributed by atoms with E-state index in [1.807, 2.05) is 60.7 Å². The van der Waals surface area contributed by atoms with Crippen molar-refractivity contribution in [3.8, 4) is 5.75 Å². The molecule has 1 saturated heterocycles. The molecule has 1 amide bonds. The Kier molecular flexibility index (Phi) is 6.02. The van der Waals surface area contributed by atoms with Crippen LogP contribution in [0.1, 0.15) is 18.4 Å². The minimum Gasteiger partial charge on any atom is -0.489 e. The number of amides is 1. The van der Waals surface area contributed by atoms with Crippen LogP contribution in [0.5, 0.6) is 5.75 Å². The van der Waals surface area contributed by atoms with Crippen LogP contribution in [-0.4, -0.2) is 23.6 Å². The molecule has 4 rings (SSSR count). The van der Waals surface area contributed by atoms with E-state index in [1.165, 1.54) is 0 Å². The zero-order valence-corrected chi connectivity index (χ0v) is 16.0. The van der Waals surface area contributed by atoms with Crippen LogP contribution in [-0.2, 0) is 16.1 Å². The highest BCUT2D eigenvalue weighted by atomic mass is 16.5. The van der Waals surface area contributed by atoms with E-state index in [0.717, 1.165) is 35.5 Å². The molecule has 2 N–H and O–H groups in total. The van der Waals surface area contributed by atoms with Gasteiger partial charge in [-0.15, -0.1) is 0 Å². The number of pyridine rings is 1. The van der Waals surface area contributed by atoms with E-state index in [4.69, 9.17) is 9.47 Å². The number of carbonyl (C=O) groups excluding carboxylic acids is 1. The normalized spacial score (nSPS) is 15.7. The first-order valence-electron chi connectivity index (χ1n) is 9.68. The summed E-state index contributed by atoms with van der Waals surface area (Å²) < 4.78 is 11.2. The van der Waals surface area contributed by atoms with E-state index in [1.54, 1.807) is 12.3 Å². The summed E-state index contributed by atoms with van der Waals surface area (Å²) in [4.78, 5) is 16.4. The first-order chi connectivity index (χ1) is 14.3. The monoisotopic (exact) mass is 389 g/mol. The Morgan fingerprint density at radius 2 is 1.83 bits per heavy atom. The molecule has 1 aliphatic heterocycles. The quantitative estimate of drug-likeness (QED) is 0.621. The van der Waals surface area contributed by atoms with Crippen molar-refractivity contribution in [1.29, 1.82) is 0 Å². The predicted octanol–water partition coefficient (Wildman–Crippen LogP) is 4.52. The van der Waals surface area contributed by atoms with Crippen LogP contribution in [0.25, 0.3) is 0 Å². The number of rotatable bonds is 7. The molecule has 1 aliphatic rings.